The van der Waals surface area contributed by atoms with Crippen molar-refractivity contribution in [2.75, 3.05) is 0 Å². The first-order valence-electron chi connectivity index (χ1n) is 10.1. The predicted molar refractivity (Wildman–Crippen MR) is 117 cm³/mol. The summed E-state index contributed by atoms with van der Waals surface area (Å²) in [5, 5.41) is 3.05. The number of nitrogens with zero attached hydrogens (tertiary/aromatic N) is 2. The summed E-state index contributed by atoms with van der Waals surface area (Å²) in [6.07, 6.45) is 5.47. The lowest BCUT2D eigenvalue weighted by Gasteiger charge is -2.26. The number of rotatable bonds is 7. The third-order valence-electron chi connectivity index (χ3n) is 5.39. The summed E-state index contributed by atoms with van der Waals surface area (Å²) >= 11 is 0.963. The molecule has 1 unspecified atom stereocenters. The maximum Gasteiger partial charge on any atom is 0.243 e. The van der Waals surface area contributed by atoms with Crippen molar-refractivity contribution < 1.29 is 13.2 Å². The molecule has 1 heterocycles. The van der Waals surface area contributed by atoms with E-state index in [1.54, 1.807) is 12.1 Å². The van der Waals surface area contributed by atoms with Crippen molar-refractivity contribution in [2.24, 2.45) is 0 Å². The number of aromatic nitrogens is 2. The quantitative estimate of drug-likeness (QED) is 0.583. The van der Waals surface area contributed by atoms with E-state index in [1.807, 2.05) is 30.3 Å². The van der Waals surface area contributed by atoms with Gasteiger partial charge in [0, 0.05) is 6.04 Å². The molecule has 0 bridgehead atoms. The molecule has 0 saturated heterocycles. The maximum absolute atomic E-state index is 13.2. The lowest BCUT2D eigenvalue weighted by atomic mass is 9.95. The van der Waals surface area contributed by atoms with Crippen molar-refractivity contribution in [3.05, 3.63) is 54.1 Å². The maximum atomic E-state index is 13.2. The van der Waals surface area contributed by atoms with E-state index in [4.69, 9.17) is 0 Å². The zero-order chi connectivity index (χ0) is 21.0. The van der Waals surface area contributed by atoms with Crippen molar-refractivity contribution in [1.82, 2.24) is 18.8 Å². The molecule has 9 heteroatoms. The summed E-state index contributed by atoms with van der Waals surface area (Å²) in [5.74, 6) is -0.294. The minimum absolute atomic E-state index is 0.0391. The van der Waals surface area contributed by atoms with E-state index < -0.39 is 16.1 Å². The molecule has 0 spiro atoms. The van der Waals surface area contributed by atoms with E-state index in [1.165, 1.54) is 12.5 Å². The Balaban J connectivity index is 1.59. The molecule has 2 aromatic carbocycles. The van der Waals surface area contributed by atoms with Crippen LogP contribution in [-0.2, 0) is 21.2 Å². The highest BCUT2D eigenvalue weighted by atomic mass is 32.2. The molecule has 2 N–H and O–H groups in total. The molecule has 158 valence electrons. The van der Waals surface area contributed by atoms with Crippen LogP contribution in [0.5, 0.6) is 0 Å². The van der Waals surface area contributed by atoms with Crippen molar-refractivity contribution in [2.45, 2.75) is 55.5 Å². The zero-order valence-electron chi connectivity index (χ0n) is 16.5. The van der Waals surface area contributed by atoms with Crippen LogP contribution in [0.4, 0.5) is 0 Å². The number of hydrogen-bond donors (Lipinski definition) is 2. The van der Waals surface area contributed by atoms with Crippen LogP contribution in [-0.4, -0.2) is 35.2 Å². The van der Waals surface area contributed by atoms with Crippen LogP contribution in [0.2, 0.25) is 0 Å². The van der Waals surface area contributed by atoms with Crippen molar-refractivity contribution in [3.63, 3.8) is 0 Å². The van der Waals surface area contributed by atoms with Gasteiger partial charge >= 0.3 is 0 Å². The first-order valence-corrected chi connectivity index (χ1v) is 12.3. The Kier molecular flexibility index (Phi) is 6.40. The van der Waals surface area contributed by atoms with Crippen LogP contribution in [0.1, 0.15) is 37.7 Å². The molecule has 1 amide bonds. The van der Waals surface area contributed by atoms with Gasteiger partial charge in [0.2, 0.25) is 15.9 Å². The van der Waals surface area contributed by atoms with Crippen LogP contribution in [0.25, 0.3) is 11.0 Å². The van der Waals surface area contributed by atoms with Gasteiger partial charge in [-0.3, -0.25) is 4.79 Å². The number of carbonyl (C=O) groups excluding carboxylic acids is 1. The fraction of sp³-hybridized carbons (Fsp3) is 0.381. The van der Waals surface area contributed by atoms with Gasteiger partial charge in [-0.1, -0.05) is 55.7 Å². The van der Waals surface area contributed by atoms with Gasteiger partial charge in [0.1, 0.15) is 22.0 Å². The van der Waals surface area contributed by atoms with Gasteiger partial charge in [0.05, 0.1) is 11.7 Å². The normalized spacial score (nSPS) is 16.4. The third kappa shape index (κ3) is 4.85. The molecular formula is C21H24N4O3S2. The first kappa shape index (κ1) is 20.9. The molecule has 1 atom stereocenters. The van der Waals surface area contributed by atoms with Gasteiger partial charge in [0.25, 0.3) is 0 Å². The molecule has 4 rings (SSSR count). The van der Waals surface area contributed by atoms with E-state index in [0.29, 0.717) is 11.0 Å². The molecule has 0 aliphatic heterocycles. The summed E-state index contributed by atoms with van der Waals surface area (Å²) < 4.78 is 37.2. The number of sulfonamides is 1. The number of hydrogen-bond acceptors (Lipinski definition) is 6. The lowest BCUT2D eigenvalue weighted by molar-refractivity contribution is -0.123. The number of fused-ring (bicyclic) bond motifs is 1. The van der Waals surface area contributed by atoms with Crippen LogP contribution in [0, 0.1) is 0 Å². The highest BCUT2D eigenvalue weighted by Gasteiger charge is 2.29. The van der Waals surface area contributed by atoms with Crippen LogP contribution in [0.15, 0.2) is 53.4 Å². The standard InChI is InChI=1S/C21H24N4O3S2/c26-21(22-16-10-5-2-6-11-16)18(14-15-8-3-1-4-9-15)25-30(27,28)19-13-7-12-17-20(19)24-29-23-17/h1,3-4,7-9,12-13,16,18,25H,2,5-6,10-11,14H2,(H,22,26). The average Bonchev–Trinajstić information content (AvgIpc) is 3.23. The van der Waals surface area contributed by atoms with E-state index >= 15 is 0 Å². The largest absolute Gasteiger partial charge is 0.352 e. The second kappa shape index (κ2) is 9.20. The molecular weight excluding hydrogens is 420 g/mol. The van der Waals surface area contributed by atoms with E-state index in [-0.39, 0.29) is 23.3 Å². The second-order valence-electron chi connectivity index (χ2n) is 7.60. The topological polar surface area (TPSA) is 101 Å². The molecule has 0 radical (unpaired) electrons. The van der Waals surface area contributed by atoms with Crippen molar-refractivity contribution >= 4 is 38.7 Å². The minimum atomic E-state index is -3.97. The number of nitrogens with one attached hydrogen (secondary N) is 2. The molecule has 7 nitrogen and oxygen atoms in total. The van der Waals surface area contributed by atoms with E-state index in [0.717, 1.165) is 43.0 Å². The SMILES string of the molecule is O=C(NC1CCCCC1)C(Cc1ccccc1)NS(=O)(=O)c1cccc2nsnc12. The highest BCUT2D eigenvalue weighted by molar-refractivity contribution is 7.89. The summed E-state index contributed by atoms with van der Waals surface area (Å²) in [7, 11) is -3.97. The Morgan fingerprint density at radius 1 is 1.03 bits per heavy atom. The molecule has 3 aromatic rings. The smallest absolute Gasteiger partial charge is 0.243 e. The Morgan fingerprint density at radius 3 is 2.57 bits per heavy atom. The molecule has 30 heavy (non-hydrogen) atoms. The van der Waals surface area contributed by atoms with Gasteiger partial charge in [-0.15, -0.1) is 0 Å². The Labute approximate surface area is 180 Å². The molecule has 1 saturated carbocycles. The molecule has 1 aliphatic carbocycles. The number of benzene rings is 2. The fourth-order valence-corrected chi connectivity index (χ4v) is 5.80. The number of amides is 1. The van der Waals surface area contributed by atoms with E-state index in [9.17, 15) is 13.2 Å². The van der Waals surface area contributed by atoms with Crippen molar-refractivity contribution in [3.8, 4) is 0 Å². The molecule has 1 aliphatic rings. The molecule has 1 aromatic heterocycles. The predicted octanol–water partition coefficient (Wildman–Crippen LogP) is 3.03. The van der Waals surface area contributed by atoms with Crippen LogP contribution < -0.4 is 10.0 Å². The summed E-state index contributed by atoms with van der Waals surface area (Å²) in [5.41, 5.74) is 1.73. The Hall–Kier alpha value is -2.36. The van der Waals surface area contributed by atoms with E-state index in [2.05, 4.69) is 18.8 Å². The van der Waals surface area contributed by atoms with Gasteiger partial charge < -0.3 is 5.32 Å². The average molecular weight is 445 g/mol. The van der Waals surface area contributed by atoms with Crippen molar-refractivity contribution in [1.29, 1.82) is 0 Å². The second-order valence-corrected chi connectivity index (χ2v) is 9.81. The minimum Gasteiger partial charge on any atom is -0.352 e. The Morgan fingerprint density at radius 2 is 1.80 bits per heavy atom. The number of carbonyl (C=O) groups is 1. The van der Waals surface area contributed by atoms with Gasteiger partial charge in [-0.25, -0.2) is 8.42 Å². The lowest BCUT2D eigenvalue weighted by Crippen LogP contribution is -2.51. The van der Waals surface area contributed by atoms with Crippen LogP contribution >= 0.6 is 11.7 Å². The summed E-state index contributed by atoms with van der Waals surface area (Å²) in [4.78, 5) is 13.1. The highest BCUT2D eigenvalue weighted by Crippen LogP contribution is 2.22. The van der Waals surface area contributed by atoms with Gasteiger partial charge in [0.15, 0.2) is 0 Å². The van der Waals surface area contributed by atoms with Gasteiger partial charge in [-0.2, -0.15) is 13.5 Å². The summed E-state index contributed by atoms with van der Waals surface area (Å²) in [6.45, 7) is 0. The fourth-order valence-electron chi connectivity index (χ4n) is 3.84. The van der Waals surface area contributed by atoms with Gasteiger partial charge in [-0.05, 0) is 37.0 Å². The van der Waals surface area contributed by atoms with Crippen LogP contribution in [0.3, 0.4) is 0 Å². The Bertz CT molecular complexity index is 1110. The molecule has 1 fully saturated rings. The summed E-state index contributed by atoms with van der Waals surface area (Å²) in [6, 6.07) is 13.4. The zero-order valence-corrected chi connectivity index (χ0v) is 18.1. The monoisotopic (exact) mass is 444 g/mol. The first-order chi connectivity index (χ1) is 14.5. The third-order valence-corrected chi connectivity index (χ3v) is 7.43.